The minimum absolute atomic E-state index is 0.0571. The van der Waals surface area contributed by atoms with Gasteiger partial charge in [0.05, 0.1) is 12.1 Å². The maximum absolute atomic E-state index is 13.0. The molecule has 3 aromatic rings. The van der Waals surface area contributed by atoms with Crippen LogP contribution in [0.15, 0.2) is 42.7 Å². The van der Waals surface area contributed by atoms with Crippen molar-refractivity contribution in [3.05, 3.63) is 59.8 Å². The number of carbonyl (C=O) groups is 1. The molecule has 1 saturated heterocycles. The zero-order valence-corrected chi connectivity index (χ0v) is 16.5. The fourth-order valence-electron chi connectivity index (χ4n) is 3.54. The standard InChI is InChI=1S/C21H23FN6O/c1-14-18(21-23-13-27(2)26-21)7-8-19(24-14)25-17-9-10-28(12-17)20(29)11-15-3-5-16(22)6-4-15/h3-8,13,17H,9-12H2,1-2H3,(H,24,25)/t17-/m0/s1. The molecule has 0 radical (unpaired) electrons. The minimum atomic E-state index is -0.292. The highest BCUT2D eigenvalue weighted by Gasteiger charge is 2.26. The molecule has 0 aliphatic carbocycles. The third-order valence-electron chi connectivity index (χ3n) is 5.09. The van der Waals surface area contributed by atoms with Gasteiger partial charge in [0.25, 0.3) is 0 Å². The van der Waals surface area contributed by atoms with Crippen molar-refractivity contribution in [2.24, 2.45) is 7.05 Å². The molecule has 4 rings (SSSR count). The number of hydrogen-bond donors (Lipinski definition) is 1. The van der Waals surface area contributed by atoms with Gasteiger partial charge in [-0.15, -0.1) is 0 Å². The number of pyridine rings is 1. The van der Waals surface area contributed by atoms with Gasteiger partial charge in [0, 0.05) is 31.7 Å². The van der Waals surface area contributed by atoms with Crippen LogP contribution in [0.25, 0.3) is 11.4 Å². The van der Waals surface area contributed by atoms with Crippen LogP contribution in [-0.2, 0) is 18.3 Å². The van der Waals surface area contributed by atoms with Crippen molar-refractivity contribution in [3.63, 3.8) is 0 Å². The fourth-order valence-corrected chi connectivity index (χ4v) is 3.54. The molecule has 1 atom stereocenters. The van der Waals surface area contributed by atoms with E-state index < -0.39 is 0 Å². The molecular formula is C21H23FN6O. The summed E-state index contributed by atoms with van der Waals surface area (Å²) in [7, 11) is 1.83. The van der Waals surface area contributed by atoms with Crippen molar-refractivity contribution >= 4 is 11.7 Å². The molecule has 1 amide bonds. The third kappa shape index (κ3) is 4.42. The number of rotatable bonds is 5. The van der Waals surface area contributed by atoms with Crippen LogP contribution in [0.1, 0.15) is 17.7 Å². The molecule has 0 unspecified atom stereocenters. The summed E-state index contributed by atoms with van der Waals surface area (Å²) in [6.45, 7) is 3.26. The lowest BCUT2D eigenvalue weighted by atomic mass is 10.1. The summed E-state index contributed by atoms with van der Waals surface area (Å²) < 4.78 is 14.7. The molecular weight excluding hydrogens is 371 g/mol. The van der Waals surface area contributed by atoms with Crippen molar-refractivity contribution < 1.29 is 9.18 Å². The topological polar surface area (TPSA) is 75.9 Å². The second kappa shape index (κ2) is 7.98. The van der Waals surface area contributed by atoms with Crippen LogP contribution in [0.3, 0.4) is 0 Å². The number of carbonyl (C=O) groups excluding carboxylic acids is 1. The van der Waals surface area contributed by atoms with E-state index in [9.17, 15) is 9.18 Å². The Morgan fingerprint density at radius 2 is 2.03 bits per heavy atom. The average molecular weight is 394 g/mol. The molecule has 0 saturated carbocycles. The minimum Gasteiger partial charge on any atom is -0.365 e. The Labute approximate surface area is 168 Å². The van der Waals surface area contributed by atoms with Gasteiger partial charge in [0.2, 0.25) is 5.91 Å². The van der Waals surface area contributed by atoms with Gasteiger partial charge >= 0.3 is 0 Å². The second-order valence-electron chi connectivity index (χ2n) is 7.34. The first-order chi connectivity index (χ1) is 14.0. The molecule has 1 aliphatic heterocycles. The number of aryl methyl sites for hydroxylation is 2. The van der Waals surface area contributed by atoms with E-state index in [1.807, 2.05) is 31.0 Å². The van der Waals surface area contributed by atoms with E-state index in [0.717, 1.165) is 29.1 Å². The van der Waals surface area contributed by atoms with Gasteiger partial charge in [-0.2, -0.15) is 5.10 Å². The second-order valence-corrected chi connectivity index (χ2v) is 7.34. The SMILES string of the molecule is Cc1nc(N[C@H]2CCN(C(=O)Cc3ccc(F)cc3)C2)ccc1-c1ncn(C)n1. The summed E-state index contributed by atoms with van der Waals surface area (Å²) >= 11 is 0. The Morgan fingerprint density at radius 3 is 2.72 bits per heavy atom. The van der Waals surface area contributed by atoms with Crippen molar-refractivity contribution in [1.82, 2.24) is 24.6 Å². The van der Waals surface area contributed by atoms with Crippen LogP contribution in [0, 0.1) is 12.7 Å². The van der Waals surface area contributed by atoms with E-state index in [1.54, 1.807) is 23.1 Å². The van der Waals surface area contributed by atoms with Gasteiger partial charge in [-0.3, -0.25) is 9.48 Å². The largest absolute Gasteiger partial charge is 0.365 e. The number of hydrogen-bond acceptors (Lipinski definition) is 5. The Kier molecular flexibility index (Phi) is 5.24. The number of nitrogens with one attached hydrogen (secondary N) is 1. The normalized spacial score (nSPS) is 16.2. The van der Waals surface area contributed by atoms with Crippen LogP contribution >= 0.6 is 0 Å². The van der Waals surface area contributed by atoms with E-state index in [4.69, 9.17) is 0 Å². The highest BCUT2D eigenvalue weighted by atomic mass is 19.1. The molecule has 2 aromatic heterocycles. The number of likely N-dealkylation sites (tertiary alicyclic amines) is 1. The lowest BCUT2D eigenvalue weighted by Gasteiger charge is -2.18. The summed E-state index contributed by atoms with van der Waals surface area (Å²) in [4.78, 5) is 23.3. The number of benzene rings is 1. The first kappa shape index (κ1) is 19.0. The maximum Gasteiger partial charge on any atom is 0.227 e. The van der Waals surface area contributed by atoms with Gasteiger partial charge in [-0.05, 0) is 43.2 Å². The molecule has 29 heavy (non-hydrogen) atoms. The van der Waals surface area contributed by atoms with Crippen LogP contribution in [0.2, 0.25) is 0 Å². The van der Waals surface area contributed by atoms with Crippen LogP contribution in [-0.4, -0.2) is 49.7 Å². The average Bonchev–Trinajstić information content (AvgIpc) is 3.33. The van der Waals surface area contributed by atoms with Crippen molar-refractivity contribution in [3.8, 4) is 11.4 Å². The monoisotopic (exact) mass is 394 g/mol. The molecule has 1 aromatic carbocycles. The van der Waals surface area contributed by atoms with Gasteiger partial charge < -0.3 is 10.2 Å². The number of nitrogens with zero attached hydrogens (tertiary/aromatic N) is 5. The van der Waals surface area contributed by atoms with Gasteiger partial charge in [-0.1, -0.05) is 12.1 Å². The van der Waals surface area contributed by atoms with E-state index in [2.05, 4.69) is 20.4 Å². The Balaban J connectivity index is 1.35. The summed E-state index contributed by atoms with van der Waals surface area (Å²) in [5.74, 6) is 1.20. The van der Waals surface area contributed by atoms with Crippen LogP contribution < -0.4 is 5.32 Å². The predicted molar refractivity (Wildman–Crippen MR) is 108 cm³/mol. The summed E-state index contributed by atoms with van der Waals surface area (Å²) in [6.07, 6.45) is 2.81. The highest BCUT2D eigenvalue weighted by Crippen LogP contribution is 2.22. The van der Waals surface area contributed by atoms with E-state index in [1.165, 1.54) is 12.1 Å². The smallest absolute Gasteiger partial charge is 0.227 e. The summed E-state index contributed by atoms with van der Waals surface area (Å²) in [5, 5.41) is 7.74. The van der Waals surface area contributed by atoms with E-state index >= 15 is 0 Å². The molecule has 1 fully saturated rings. The van der Waals surface area contributed by atoms with Crippen LogP contribution in [0.5, 0.6) is 0 Å². The third-order valence-corrected chi connectivity index (χ3v) is 5.09. The highest BCUT2D eigenvalue weighted by molar-refractivity contribution is 5.79. The molecule has 7 nitrogen and oxygen atoms in total. The van der Waals surface area contributed by atoms with Gasteiger partial charge in [0.15, 0.2) is 5.82 Å². The van der Waals surface area contributed by atoms with Crippen LogP contribution in [0.4, 0.5) is 10.2 Å². The Hall–Kier alpha value is -3.29. The summed E-state index contributed by atoms with van der Waals surface area (Å²) in [5.41, 5.74) is 2.57. The number of amides is 1. The van der Waals surface area contributed by atoms with Gasteiger partial charge in [0.1, 0.15) is 18.0 Å². The van der Waals surface area contributed by atoms with E-state index in [-0.39, 0.29) is 24.2 Å². The molecule has 150 valence electrons. The van der Waals surface area contributed by atoms with Crippen molar-refractivity contribution in [2.75, 3.05) is 18.4 Å². The molecule has 1 aliphatic rings. The first-order valence-electron chi connectivity index (χ1n) is 9.60. The fraction of sp³-hybridized carbons (Fsp3) is 0.333. The molecule has 8 heteroatoms. The number of aromatic nitrogens is 4. The molecule has 0 bridgehead atoms. The first-order valence-corrected chi connectivity index (χ1v) is 9.60. The number of anilines is 1. The number of halogens is 1. The Bertz CT molecular complexity index is 1020. The zero-order chi connectivity index (χ0) is 20.4. The maximum atomic E-state index is 13.0. The van der Waals surface area contributed by atoms with E-state index in [0.29, 0.717) is 18.9 Å². The van der Waals surface area contributed by atoms with Gasteiger partial charge in [-0.25, -0.2) is 14.4 Å². The Morgan fingerprint density at radius 1 is 1.24 bits per heavy atom. The van der Waals surface area contributed by atoms with Crippen molar-refractivity contribution in [1.29, 1.82) is 0 Å². The molecule has 1 N–H and O–H groups in total. The van der Waals surface area contributed by atoms with Crippen molar-refractivity contribution in [2.45, 2.75) is 25.8 Å². The lowest BCUT2D eigenvalue weighted by Crippen LogP contribution is -2.32. The summed E-state index contributed by atoms with van der Waals surface area (Å²) in [6, 6.07) is 10.1. The quantitative estimate of drug-likeness (QED) is 0.720. The molecule has 0 spiro atoms. The zero-order valence-electron chi connectivity index (χ0n) is 16.5. The predicted octanol–water partition coefficient (Wildman–Crippen LogP) is 2.58. The lowest BCUT2D eigenvalue weighted by molar-refractivity contribution is -0.129. The molecule has 3 heterocycles.